The summed E-state index contributed by atoms with van der Waals surface area (Å²) in [6.07, 6.45) is 2.89. The van der Waals surface area contributed by atoms with Crippen molar-refractivity contribution in [2.45, 2.75) is 0 Å². The Hall–Kier alpha value is -4.44. The first-order valence-electron chi connectivity index (χ1n) is 11.2. The number of ether oxygens (including phenoxy) is 2. The van der Waals surface area contributed by atoms with E-state index in [1.165, 1.54) is 6.08 Å². The van der Waals surface area contributed by atoms with Gasteiger partial charge in [-0.25, -0.2) is 4.98 Å². The predicted octanol–water partition coefficient (Wildman–Crippen LogP) is 3.73. The highest BCUT2D eigenvalue weighted by Gasteiger charge is 2.17. The van der Waals surface area contributed by atoms with Gasteiger partial charge in [0.05, 0.1) is 37.6 Å². The van der Waals surface area contributed by atoms with Crippen molar-refractivity contribution in [3.05, 3.63) is 61.3 Å². The fraction of sp³-hybridized carbons (Fsp3) is 0.200. The van der Waals surface area contributed by atoms with Crippen LogP contribution in [0.5, 0.6) is 5.75 Å². The molecule has 4 aromatic rings. The largest absolute Gasteiger partial charge is 0.496 e. The number of hydrogen-bond acceptors (Lipinski definition) is 8. The summed E-state index contributed by atoms with van der Waals surface area (Å²) in [5.74, 6) is 0.696. The number of carbonyl (C=O) groups excluding carboxylic acids is 1. The van der Waals surface area contributed by atoms with Gasteiger partial charge in [0.2, 0.25) is 11.9 Å². The third-order valence-corrected chi connectivity index (χ3v) is 5.70. The van der Waals surface area contributed by atoms with Crippen LogP contribution in [0.2, 0.25) is 0 Å². The number of methoxy groups -OCH3 is 1. The number of H-pyrrole nitrogens is 1. The highest BCUT2D eigenvalue weighted by Crippen LogP contribution is 2.36. The average molecular weight is 472 g/mol. The van der Waals surface area contributed by atoms with Gasteiger partial charge in [0, 0.05) is 35.7 Å². The molecule has 0 aliphatic carbocycles. The zero-order chi connectivity index (χ0) is 24.2. The smallest absolute Gasteiger partial charge is 0.247 e. The Kier molecular flexibility index (Phi) is 6.27. The number of morpholine rings is 1. The van der Waals surface area contributed by atoms with Crippen LogP contribution in [0.1, 0.15) is 0 Å². The summed E-state index contributed by atoms with van der Waals surface area (Å²) in [6, 6.07) is 13.5. The van der Waals surface area contributed by atoms with Crippen molar-refractivity contribution < 1.29 is 14.3 Å². The topological polar surface area (TPSA) is 117 Å². The van der Waals surface area contributed by atoms with Crippen LogP contribution >= 0.6 is 0 Å². The molecule has 0 saturated carbocycles. The van der Waals surface area contributed by atoms with Crippen molar-refractivity contribution >= 4 is 40.0 Å². The first-order chi connectivity index (χ1) is 17.1. The van der Waals surface area contributed by atoms with E-state index >= 15 is 0 Å². The number of nitrogens with one attached hydrogen (secondary N) is 3. The van der Waals surface area contributed by atoms with Crippen LogP contribution in [0.4, 0.5) is 23.0 Å². The van der Waals surface area contributed by atoms with Gasteiger partial charge in [-0.05, 0) is 42.5 Å². The monoisotopic (exact) mass is 471 g/mol. The lowest BCUT2D eigenvalue weighted by molar-refractivity contribution is -0.111. The Morgan fingerprint density at radius 1 is 1.17 bits per heavy atom. The highest BCUT2D eigenvalue weighted by atomic mass is 16.5. The minimum absolute atomic E-state index is 0.306. The third-order valence-electron chi connectivity index (χ3n) is 5.70. The molecule has 35 heavy (non-hydrogen) atoms. The molecule has 1 amide bonds. The fourth-order valence-electron chi connectivity index (χ4n) is 3.99. The highest BCUT2D eigenvalue weighted by molar-refractivity contribution is 6.00. The summed E-state index contributed by atoms with van der Waals surface area (Å²) >= 11 is 0. The molecule has 0 bridgehead atoms. The van der Waals surface area contributed by atoms with E-state index in [9.17, 15) is 4.79 Å². The maximum absolute atomic E-state index is 11.8. The van der Waals surface area contributed by atoms with Gasteiger partial charge in [0.25, 0.3) is 0 Å². The molecule has 178 valence electrons. The van der Waals surface area contributed by atoms with Gasteiger partial charge in [0.1, 0.15) is 5.75 Å². The average Bonchev–Trinajstić information content (AvgIpc) is 3.37. The lowest BCUT2D eigenvalue weighted by Gasteiger charge is -2.29. The molecule has 2 aromatic heterocycles. The van der Waals surface area contributed by atoms with Crippen molar-refractivity contribution in [3.63, 3.8) is 0 Å². The van der Waals surface area contributed by atoms with E-state index in [0.29, 0.717) is 34.3 Å². The number of rotatable bonds is 7. The number of amides is 1. The second kappa shape index (κ2) is 9.82. The molecule has 5 rings (SSSR count). The van der Waals surface area contributed by atoms with Gasteiger partial charge < -0.3 is 25.0 Å². The van der Waals surface area contributed by atoms with Crippen LogP contribution in [-0.4, -0.2) is 59.5 Å². The zero-order valence-corrected chi connectivity index (χ0v) is 19.2. The molecule has 1 saturated heterocycles. The van der Waals surface area contributed by atoms with Gasteiger partial charge in [-0.3, -0.25) is 9.89 Å². The van der Waals surface area contributed by atoms with Crippen LogP contribution < -0.4 is 20.3 Å². The Morgan fingerprint density at radius 3 is 2.83 bits per heavy atom. The zero-order valence-electron chi connectivity index (χ0n) is 19.2. The molecule has 10 nitrogen and oxygen atoms in total. The number of nitrogens with zero attached hydrogens (tertiary/aromatic N) is 4. The molecule has 0 radical (unpaired) electrons. The molecule has 1 aliphatic rings. The summed E-state index contributed by atoms with van der Waals surface area (Å²) < 4.78 is 11.1. The van der Waals surface area contributed by atoms with Gasteiger partial charge in [-0.2, -0.15) is 10.1 Å². The second-order valence-corrected chi connectivity index (χ2v) is 7.91. The minimum Gasteiger partial charge on any atom is -0.496 e. The molecule has 3 N–H and O–H groups in total. The number of carbonyl (C=O) groups is 1. The summed E-state index contributed by atoms with van der Waals surface area (Å²) in [4.78, 5) is 23.5. The molecular formula is C25H25N7O3. The number of fused-ring (bicyclic) bond motifs is 1. The van der Waals surface area contributed by atoms with E-state index in [1.54, 1.807) is 31.5 Å². The molecule has 10 heteroatoms. The van der Waals surface area contributed by atoms with Crippen LogP contribution in [0.3, 0.4) is 0 Å². The predicted molar refractivity (Wildman–Crippen MR) is 135 cm³/mol. The molecule has 2 aromatic carbocycles. The standard InChI is InChI=1S/C25H25N7O3/c1-3-22(33)27-17-7-8-21(34-2)19(14-17)23-20-15-26-31-24(20)30-25(29-23)28-16-5-4-6-18(13-16)32-9-11-35-12-10-32/h3-8,13-15H,1,9-12H2,2H3,(H,27,33)(H2,26,28,29,30,31). The Morgan fingerprint density at radius 2 is 2.03 bits per heavy atom. The van der Waals surface area contributed by atoms with Crippen molar-refractivity contribution in [1.82, 2.24) is 20.2 Å². The van der Waals surface area contributed by atoms with E-state index in [0.717, 1.165) is 43.1 Å². The fourth-order valence-corrected chi connectivity index (χ4v) is 3.99. The first kappa shape index (κ1) is 22.4. The maximum atomic E-state index is 11.8. The molecule has 1 fully saturated rings. The molecule has 0 spiro atoms. The van der Waals surface area contributed by atoms with Crippen molar-refractivity contribution in [1.29, 1.82) is 0 Å². The van der Waals surface area contributed by atoms with Crippen molar-refractivity contribution in [3.8, 4) is 17.0 Å². The summed E-state index contributed by atoms with van der Waals surface area (Å²) in [5.41, 5.74) is 4.43. The van der Waals surface area contributed by atoms with Crippen molar-refractivity contribution in [2.24, 2.45) is 0 Å². The number of anilines is 4. The molecular weight excluding hydrogens is 446 g/mol. The van der Waals surface area contributed by atoms with Crippen LogP contribution in [0.15, 0.2) is 61.3 Å². The van der Waals surface area contributed by atoms with Crippen molar-refractivity contribution in [2.75, 3.05) is 48.9 Å². The quantitative estimate of drug-likeness (QED) is 0.349. The van der Waals surface area contributed by atoms with Crippen LogP contribution in [0, 0.1) is 0 Å². The van der Waals surface area contributed by atoms with E-state index in [-0.39, 0.29) is 5.91 Å². The number of aromatic amines is 1. The van der Waals surface area contributed by atoms with Gasteiger partial charge in [-0.1, -0.05) is 12.6 Å². The molecule has 0 unspecified atom stereocenters. The van der Waals surface area contributed by atoms with Gasteiger partial charge in [-0.15, -0.1) is 0 Å². The molecule has 3 heterocycles. The second-order valence-electron chi connectivity index (χ2n) is 7.91. The van der Waals surface area contributed by atoms with Gasteiger partial charge in [0.15, 0.2) is 5.65 Å². The Labute approximate surface area is 202 Å². The Balaban J connectivity index is 1.52. The van der Waals surface area contributed by atoms with E-state index in [4.69, 9.17) is 14.5 Å². The van der Waals surface area contributed by atoms with Gasteiger partial charge >= 0.3 is 0 Å². The number of benzene rings is 2. The van der Waals surface area contributed by atoms with E-state index in [2.05, 4.69) is 49.4 Å². The molecule has 0 atom stereocenters. The normalized spacial score (nSPS) is 13.5. The minimum atomic E-state index is -0.306. The van der Waals surface area contributed by atoms with Crippen LogP contribution in [-0.2, 0) is 9.53 Å². The summed E-state index contributed by atoms with van der Waals surface area (Å²) in [6.45, 7) is 6.64. The number of hydrogen-bond donors (Lipinski definition) is 3. The van der Waals surface area contributed by atoms with Crippen LogP contribution in [0.25, 0.3) is 22.3 Å². The lowest BCUT2D eigenvalue weighted by Crippen LogP contribution is -2.36. The Bertz CT molecular complexity index is 1380. The van der Waals surface area contributed by atoms with E-state index in [1.807, 2.05) is 12.1 Å². The maximum Gasteiger partial charge on any atom is 0.247 e. The summed E-state index contributed by atoms with van der Waals surface area (Å²) in [5, 5.41) is 13.9. The van der Waals surface area contributed by atoms with E-state index < -0.39 is 0 Å². The SMILES string of the molecule is C=CC(=O)Nc1ccc(OC)c(-c2nc(Nc3cccc(N4CCOCC4)c3)nc3[nH]ncc23)c1. The lowest BCUT2D eigenvalue weighted by atomic mass is 10.1. The molecule has 1 aliphatic heterocycles. The third kappa shape index (κ3) is 4.78. The number of aromatic nitrogens is 4. The summed E-state index contributed by atoms with van der Waals surface area (Å²) in [7, 11) is 1.59. The first-order valence-corrected chi connectivity index (χ1v) is 11.2.